The molecule has 0 bridgehead atoms. The molecule has 23 heavy (non-hydrogen) atoms. The molecule has 1 aliphatic heterocycles. The maximum absolute atomic E-state index is 13.0. The van der Waals surface area contributed by atoms with Gasteiger partial charge in [-0.15, -0.1) is 0 Å². The second kappa shape index (κ2) is 5.11. The number of benzene rings is 1. The predicted octanol–water partition coefficient (Wildman–Crippen LogP) is 2.41. The molecule has 0 saturated carbocycles. The van der Waals surface area contributed by atoms with Crippen molar-refractivity contribution in [3.63, 3.8) is 0 Å². The summed E-state index contributed by atoms with van der Waals surface area (Å²) in [5.74, 6) is -2.49. The third-order valence-electron chi connectivity index (χ3n) is 3.09. The Kier molecular flexibility index (Phi) is 3.79. The molecule has 126 valence electrons. The average Bonchev–Trinajstić information content (AvgIpc) is 2.77. The van der Waals surface area contributed by atoms with E-state index in [9.17, 15) is 41.4 Å². The van der Waals surface area contributed by atoms with Gasteiger partial charge in [0, 0.05) is 0 Å². The Morgan fingerprint density at radius 1 is 1.17 bits per heavy atom. The maximum Gasteiger partial charge on any atom is 0.438 e. The Balaban J connectivity index is 2.53. The van der Waals surface area contributed by atoms with Crippen molar-refractivity contribution in [1.82, 2.24) is 5.01 Å². The van der Waals surface area contributed by atoms with Gasteiger partial charge < -0.3 is 10.2 Å². The largest absolute Gasteiger partial charge is 0.507 e. The number of rotatable bonds is 1. The van der Waals surface area contributed by atoms with Crippen molar-refractivity contribution >= 4 is 11.6 Å². The van der Waals surface area contributed by atoms with Gasteiger partial charge in [-0.2, -0.15) is 36.5 Å². The van der Waals surface area contributed by atoms with Crippen molar-refractivity contribution in [3.8, 4) is 5.75 Å². The lowest BCUT2D eigenvalue weighted by Crippen LogP contribution is -2.56. The van der Waals surface area contributed by atoms with Crippen LogP contribution < -0.4 is 0 Å². The van der Waals surface area contributed by atoms with E-state index in [-0.39, 0.29) is 0 Å². The SMILES string of the molecule is O=C(c1ccccc1O)N1N=C(C(F)(F)F)CC1(O)C(F)(F)F. The Morgan fingerprint density at radius 2 is 1.74 bits per heavy atom. The van der Waals surface area contributed by atoms with Crippen LogP contribution in [0.4, 0.5) is 26.3 Å². The summed E-state index contributed by atoms with van der Waals surface area (Å²) in [6.07, 6.45) is -12.8. The first-order valence-corrected chi connectivity index (χ1v) is 5.94. The topological polar surface area (TPSA) is 73.1 Å². The fourth-order valence-corrected chi connectivity index (χ4v) is 1.91. The van der Waals surface area contributed by atoms with Crippen LogP contribution in [0.15, 0.2) is 29.4 Å². The zero-order valence-electron chi connectivity index (χ0n) is 11.0. The molecular weight excluding hydrogens is 334 g/mol. The number of hydrazone groups is 1. The number of amides is 1. The Labute approximate surface area is 124 Å². The van der Waals surface area contributed by atoms with Crippen molar-refractivity contribution in [2.45, 2.75) is 24.5 Å². The normalized spacial score (nSPS) is 22.2. The number of phenols is 1. The highest BCUT2D eigenvalue weighted by Gasteiger charge is 2.66. The van der Waals surface area contributed by atoms with Crippen LogP contribution in [0.25, 0.3) is 0 Å². The number of phenolic OH excluding ortho intramolecular Hbond substituents is 1. The van der Waals surface area contributed by atoms with Crippen LogP contribution in [-0.2, 0) is 0 Å². The molecule has 1 aromatic rings. The number of nitrogens with zero attached hydrogens (tertiary/aromatic N) is 2. The van der Waals surface area contributed by atoms with Gasteiger partial charge >= 0.3 is 12.4 Å². The molecular formula is C12H8F6N2O3. The number of hydrogen-bond acceptors (Lipinski definition) is 4. The molecule has 1 aromatic carbocycles. The number of hydrogen-bond donors (Lipinski definition) is 2. The summed E-state index contributed by atoms with van der Waals surface area (Å²) < 4.78 is 76.8. The van der Waals surface area contributed by atoms with Crippen LogP contribution in [0.3, 0.4) is 0 Å². The molecule has 11 heteroatoms. The van der Waals surface area contributed by atoms with Crippen molar-refractivity contribution < 1.29 is 41.4 Å². The quantitative estimate of drug-likeness (QED) is 0.770. The van der Waals surface area contributed by atoms with E-state index < -0.39 is 52.4 Å². The van der Waals surface area contributed by atoms with Crippen LogP contribution in [-0.4, -0.2) is 44.9 Å². The molecule has 1 atom stereocenters. The monoisotopic (exact) mass is 342 g/mol. The maximum atomic E-state index is 13.0. The third kappa shape index (κ3) is 2.83. The standard InChI is InChI=1S/C12H8F6N2O3/c13-11(14,15)8-5-10(23,12(16,17)18)20(19-8)9(22)6-3-1-2-4-7(6)21/h1-4,21,23H,5H2. The number of carbonyl (C=O) groups excluding carboxylic acids is 1. The van der Waals surface area contributed by atoms with Crippen molar-refractivity contribution in [3.05, 3.63) is 29.8 Å². The first-order chi connectivity index (χ1) is 10.4. The van der Waals surface area contributed by atoms with E-state index in [1.54, 1.807) is 0 Å². The predicted molar refractivity (Wildman–Crippen MR) is 63.4 cm³/mol. The van der Waals surface area contributed by atoms with Crippen LogP contribution >= 0.6 is 0 Å². The van der Waals surface area contributed by atoms with E-state index in [0.717, 1.165) is 12.1 Å². The van der Waals surface area contributed by atoms with Crippen LogP contribution in [0.2, 0.25) is 0 Å². The molecule has 0 fully saturated rings. The molecule has 1 amide bonds. The summed E-state index contributed by atoms with van der Waals surface area (Å²) in [4.78, 5) is 12.0. The van der Waals surface area contributed by atoms with Gasteiger partial charge in [0.05, 0.1) is 12.0 Å². The van der Waals surface area contributed by atoms with Gasteiger partial charge in [-0.25, -0.2) is 0 Å². The van der Waals surface area contributed by atoms with Crippen molar-refractivity contribution in [1.29, 1.82) is 0 Å². The van der Waals surface area contributed by atoms with Gasteiger partial charge in [0.25, 0.3) is 11.6 Å². The number of para-hydroxylation sites is 1. The molecule has 1 heterocycles. The van der Waals surface area contributed by atoms with Crippen molar-refractivity contribution in [2.75, 3.05) is 0 Å². The first kappa shape index (κ1) is 17.1. The number of aromatic hydroxyl groups is 1. The minimum atomic E-state index is -5.59. The minimum absolute atomic E-state index is 0.703. The highest BCUT2D eigenvalue weighted by Crippen LogP contribution is 2.44. The van der Waals surface area contributed by atoms with Gasteiger partial charge in [-0.3, -0.25) is 4.79 Å². The summed E-state index contributed by atoms with van der Waals surface area (Å²) in [7, 11) is 0. The highest BCUT2D eigenvalue weighted by atomic mass is 19.4. The van der Waals surface area contributed by atoms with Crippen LogP contribution in [0, 0.1) is 0 Å². The molecule has 0 radical (unpaired) electrons. The Hall–Kier alpha value is -2.30. The fourth-order valence-electron chi connectivity index (χ4n) is 1.91. The second-order valence-corrected chi connectivity index (χ2v) is 4.67. The lowest BCUT2D eigenvalue weighted by atomic mass is 10.0. The fraction of sp³-hybridized carbons (Fsp3) is 0.333. The molecule has 2 rings (SSSR count). The van der Waals surface area contributed by atoms with Gasteiger partial charge in [-0.1, -0.05) is 12.1 Å². The molecule has 0 aromatic heterocycles. The van der Waals surface area contributed by atoms with Gasteiger partial charge in [-0.05, 0) is 12.1 Å². The first-order valence-electron chi connectivity index (χ1n) is 5.94. The summed E-state index contributed by atoms with van der Waals surface area (Å²) >= 11 is 0. The summed E-state index contributed by atoms with van der Waals surface area (Å²) in [5, 5.41) is 21.0. The van der Waals surface area contributed by atoms with E-state index in [1.807, 2.05) is 0 Å². The number of alkyl halides is 6. The number of halogens is 6. The lowest BCUT2D eigenvalue weighted by molar-refractivity contribution is -0.297. The molecule has 1 unspecified atom stereocenters. The van der Waals surface area contributed by atoms with Crippen LogP contribution in [0.5, 0.6) is 5.75 Å². The van der Waals surface area contributed by atoms with Crippen molar-refractivity contribution in [2.24, 2.45) is 5.10 Å². The Morgan fingerprint density at radius 3 is 2.22 bits per heavy atom. The molecule has 0 aliphatic carbocycles. The smallest absolute Gasteiger partial charge is 0.438 e. The summed E-state index contributed by atoms with van der Waals surface area (Å²) in [5.41, 5.74) is -6.85. The Bertz CT molecular complexity index is 669. The minimum Gasteiger partial charge on any atom is -0.507 e. The molecule has 1 aliphatic rings. The van der Waals surface area contributed by atoms with Gasteiger partial charge in [0.1, 0.15) is 11.5 Å². The van der Waals surface area contributed by atoms with E-state index in [2.05, 4.69) is 5.10 Å². The van der Waals surface area contributed by atoms with E-state index in [1.165, 1.54) is 12.1 Å². The lowest BCUT2D eigenvalue weighted by Gasteiger charge is -2.32. The van der Waals surface area contributed by atoms with E-state index in [4.69, 9.17) is 0 Å². The van der Waals surface area contributed by atoms with Gasteiger partial charge in [0.15, 0.2) is 0 Å². The molecule has 5 nitrogen and oxygen atoms in total. The molecule has 0 spiro atoms. The summed E-state index contributed by atoms with van der Waals surface area (Å²) in [6, 6.07) is 4.25. The molecule has 2 N–H and O–H groups in total. The van der Waals surface area contributed by atoms with E-state index >= 15 is 0 Å². The van der Waals surface area contributed by atoms with E-state index in [0.29, 0.717) is 0 Å². The second-order valence-electron chi connectivity index (χ2n) is 4.67. The zero-order chi connectivity index (χ0) is 17.6. The average molecular weight is 342 g/mol. The zero-order valence-corrected chi connectivity index (χ0v) is 11.0. The number of carbonyl (C=O) groups is 1. The molecule has 0 saturated heterocycles. The summed E-state index contributed by atoms with van der Waals surface area (Å²) in [6.45, 7) is 0. The highest BCUT2D eigenvalue weighted by molar-refractivity contribution is 6.01. The number of aliphatic hydroxyl groups is 1. The van der Waals surface area contributed by atoms with Gasteiger partial charge in [0.2, 0.25) is 0 Å². The third-order valence-corrected chi connectivity index (χ3v) is 3.09. The van der Waals surface area contributed by atoms with Crippen LogP contribution in [0.1, 0.15) is 16.8 Å².